The number of aryl methyl sites for hydroxylation is 1. The number of fused-ring (bicyclic) bond motifs is 4. The molecule has 0 saturated heterocycles. The maximum absolute atomic E-state index is 3.72. The van der Waals surface area contributed by atoms with Gasteiger partial charge in [-0.3, -0.25) is 0 Å². The summed E-state index contributed by atoms with van der Waals surface area (Å²) in [6.07, 6.45) is 6.78. The fraction of sp³-hybridized carbons (Fsp3) is 0.0857. The van der Waals surface area contributed by atoms with Crippen molar-refractivity contribution < 1.29 is 0 Å². The fourth-order valence-corrected chi connectivity index (χ4v) is 6.19. The molecule has 0 spiro atoms. The van der Waals surface area contributed by atoms with Crippen LogP contribution in [0.5, 0.6) is 0 Å². The molecular weight excluding hydrogens is 434 g/mol. The van der Waals surface area contributed by atoms with Gasteiger partial charge in [-0.15, -0.1) is 0 Å². The molecule has 1 heteroatoms. The molecule has 0 bridgehead atoms. The Bertz CT molecular complexity index is 1560. The molecule has 1 nitrogen and oxygen atoms in total. The Hall–Kier alpha value is -4.36. The van der Waals surface area contributed by atoms with E-state index in [9.17, 15) is 0 Å². The van der Waals surface area contributed by atoms with E-state index in [0.717, 1.165) is 24.2 Å². The Labute approximate surface area is 212 Å². The molecule has 5 aromatic rings. The first kappa shape index (κ1) is 21.0. The van der Waals surface area contributed by atoms with E-state index in [1.807, 2.05) is 0 Å². The van der Waals surface area contributed by atoms with Crippen molar-refractivity contribution in [2.24, 2.45) is 0 Å². The molecule has 0 unspecified atom stereocenters. The van der Waals surface area contributed by atoms with Crippen LogP contribution in [0.2, 0.25) is 0 Å². The normalized spacial score (nSPS) is 14.6. The summed E-state index contributed by atoms with van der Waals surface area (Å²) in [5.74, 6) is 0. The zero-order chi connectivity index (χ0) is 24.0. The van der Waals surface area contributed by atoms with Crippen LogP contribution in [0, 0.1) is 0 Å². The van der Waals surface area contributed by atoms with Crippen molar-refractivity contribution in [3.8, 4) is 11.1 Å². The lowest BCUT2D eigenvalue weighted by Gasteiger charge is -2.34. The predicted molar refractivity (Wildman–Crippen MR) is 151 cm³/mol. The van der Waals surface area contributed by atoms with Gasteiger partial charge in [0.2, 0.25) is 0 Å². The van der Waals surface area contributed by atoms with Crippen LogP contribution in [0.4, 0.5) is 11.4 Å². The highest BCUT2D eigenvalue weighted by molar-refractivity contribution is 5.88. The van der Waals surface area contributed by atoms with E-state index >= 15 is 0 Å². The predicted octanol–water partition coefficient (Wildman–Crippen LogP) is 8.75. The Morgan fingerprint density at radius 2 is 1.19 bits per heavy atom. The van der Waals surface area contributed by atoms with Gasteiger partial charge in [0.25, 0.3) is 0 Å². The van der Waals surface area contributed by atoms with E-state index in [2.05, 4.69) is 139 Å². The third-order valence-electron chi connectivity index (χ3n) is 7.77. The second-order valence-corrected chi connectivity index (χ2v) is 9.77. The lowest BCUT2D eigenvalue weighted by atomic mass is 9.67. The van der Waals surface area contributed by atoms with Crippen LogP contribution in [-0.4, -0.2) is 0 Å². The van der Waals surface area contributed by atoms with Gasteiger partial charge in [-0.25, -0.2) is 0 Å². The van der Waals surface area contributed by atoms with Crippen LogP contribution < -0.4 is 5.32 Å². The van der Waals surface area contributed by atoms with E-state index in [0.29, 0.717) is 0 Å². The van der Waals surface area contributed by atoms with Gasteiger partial charge in [-0.05, 0) is 81.6 Å². The molecule has 0 radical (unpaired) electrons. The summed E-state index contributed by atoms with van der Waals surface area (Å²) in [5, 5.41) is 3.72. The molecule has 0 aliphatic heterocycles. The third-order valence-corrected chi connectivity index (χ3v) is 7.77. The van der Waals surface area contributed by atoms with Gasteiger partial charge in [-0.1, -0.05) is 109 Å². The Morgan fingerprint density at radius 1 is 0.556 bits per heavy atom. The van der Waals surface area contributed by atoms with Gasteiger partial charge in [0.05, 0.1) is 5.41 Å². The Morgan fingerprint density at radius 3 is 1.97 bits per heavy atom. The van der Waals surface area contributed by atoms with Crippen LogP contribution in [-0.2, 0) is 11.8 Å². The SMILES string of the molecule is C1=Cc2cc(Nc3ccc4c(c3)C(c3ccccc3)(c3ccccc3)c3ccccc3-4)ccc2CC1. The van der Waals surface area contributed by atoms with Crippen molar-refractivity contribution in [3.63, 3.8) is 0 Å². The lowest BCUT2D eigenvalue weighted by Crippen LogP contribution is -2.28. The zero-order valence-corrected chi connectivity index (χ0v) is 20.1. The van der Waals surface area contributed by atoms with E-state index in [1.54, 1.807) is 0 Å². The highest BCUT2D eigenvalue weighted by Gasteiger charge is 2.45. The number of hydrogen-bond acceptors (Lipinski definition) is 1. The monoisotopic (exact) mass is 461 g/mol. The first-order valence-electron chi connectivity index (χ1n) is 12.8. The van der Waals surface area contributed by atoms with Gasteiger partial charge in [0.15, 0.2) is 0 Å². The van der Waals surface area contributed by atoms with Crippen LogP contribution in [0.25, 0.3) is 17.2 Å². The Kier molecular flexibility index (Phi) is 4.89. The molecule has 172 valence electrons. The minimum Gasteiger partial charge on any atom is -0.355 e. The minimum absolute atomic E-state index is 0.370. The number of allylic oxidation sites excluding steroid dienone is 1. The first-order valence-corrected chi connectivity index (χ1v) is 12.8. The van der Waals surface area contributed by atoms with Gasteiger partial charge in [0.1, 0.15) is 0 Å². The van der Waals surface area contributed by atoms with Crippen molar-refractivity contribution >= 4 is 17.5 Å². The molecule has 0 amide bonds. The second-order valence-electron chi connectivity index (χ2n) is 9.77. The number of rotatable bonds is 4. The summed E-state index contributed by atoms with van der Waals surface area (Å²) in [6.45, 7) is 0. The molecule has 0 aromatic heterocycles. The second kappa shape index (κ2) is 8.39. The van der Waals surface area contributed by atoms with E-state index < -0.39 is 0 Å². The largest absolute Gasteiger partial charge is 0.355 e. The molecule has 2 aliphatic carbocycles. The van der Waals surface area contributed by atoms with E-state index in [1.165, 1.54) is 44.5 Å². The number of benzene rings is 5. The third kappa shape index (κ3) is 3.17. The first-order chi connectivity index (χ1) is 17.8. The van der Waals surface area contributed by atoms with Crippen molar-refractivity contribution in [1.29, 1.82) is 0 Å². The van der Waals surface area contributed by atoms with Crippen LogP contribution >= 0.6 is 0 Å². The molecule has 0 heterocycles. The van der Waals surface area contributed by atoms with Crippen molar-refractivity contribution in [3.05, 3.63) is 161 Å². The molecule has 0 atom stereocenters. The number of hydrogen-bond donors (Lipinski definition) is 1. The topological polar surface area (TPSA) is 12.0 Å². The van der Waals surface area contributed by atoms with Crippen molar-refractivity contribution in [1.82, 2.24) is 0 Å². The molecule has 36 heavy (non-hydrogen) atoms. The van der Waals surface area contributed by atoms with Gasteiger partial charge in [0, 0.05) is 11.4 Å². The minimum atomic E-state index is -0.370. The van der Waals surface area contributed by atoms with Gasteiger partial charge >= 0.3 is 0 Å². The molecule has 7 rings (SSSR count). The number of nitrogens with one attached hydrogen (secondary N) is 1. The molecule has 2 aliphatic rings. The number of anilines is 2. The summed E-state index contributed by atoms with van der Waals surface area (Å²) >= 11 is 0. The average molecular weight is 462 g/mol. The summed E-state index contributed by atoms with van der Waals surface area (Å²) < 4.78 is 0. The van der Waals surface area contributed by atoms with Crippen LogP contribution in [0.3, 0.4) is 0 Å². The molecule has 0 fully saturated rings. The summed E-state index contributed by atoms with van der Waals surface area (Å²) in [5.41, 5.74) is 12.5. The molecule has 0 saturated carbocycles. The van der Waals surface area contributed by atoms with Gasteiger partial charge < -0.3 is 5.32 Å². The van der Waals surface area contributed by atoms with Crippen LogP contribution in [0.15, 0.2) is 127 Å². The highest BCUT2D eigenvalue weighted by atomic mass is 14.9. The fourth-order valence-electron chi connectivity index (χ4n) is 6.19. The molecular formula is C35H27N. The average Bonchev–Trinajstić information content (AvgIpc) is 3.24. The van der Waals surface area contributed by atoms with Crippen LogP contribution in [0.1, 0.15) is 39.8 Å². The zero-order valence-electron chi connectivity index (χ0n) is 20.1. The van der Waals surface area contributed by atoms with E-state index in [4.69, 9.17) is 0 Å². The smallest absolute Gasteiger partial charge is 0.0714 e. The standard InChI is InChI=1S/C35H27N/c1-3-13-27(14-4-1)35(28-15-5-2-6-16-28)33-18-10-9-17-31(33)32-22-21-30(24-34(32)35)36-29-20-19-25-11-7-8-12-26(25)23-29/h1-6,8-10,12-24,36H,7,11H2. The lowest BCUT2D eigenvalue weighted by molar-refractivity contribution is 0.769. The molecule has 1 N–H and O–H groups in total. The Balaban J connectivity index is 1.43. The maximum atomic E-state index is 3.72. The molecule has 5 aromatic carbocycles. The van der Waals surface area contributed by atoms with Gasteiger partial charge in [-0.2, -0.15) is 0 Å². The van der Waals surface area contributed by atoms with Crippen molar-refractivity contribution in [2.45, 2.75) is 18.3 Å². The highest BCUT2D eigenvalue weighted by Crippen LogP contribution is 2.56. The van der Waals surface area contributed by atoms with Crippen molar-refractivity contribution in [2.75, 3.05) is 5.32 Å². The summed E-state index contributed by atoms with van der Waals surface area (Å²) in [6, 6.07) is 44.4. The maximum Gasteiger partial charge on any atom is 0.0714 e. The summed E-state index contributed by atoms with van der Waals surface area (Å²) in [7, 11) is 0. The van der Waals surface area contributed by atoms with E-state index in [-0.39, 0.29) is 5.41 Å². The summed E-state index contributed by atoms with van der Waals surface area (Å²) in [4.78, 5) is 0. The quantitative estimate of drug-likeness (QED) is 0.277.